The van der Waals surface area contributed by atoms with Gasteiger partial charge in [-0.15, -0.1) is 11.3 Å². The van der Waals surface area contributed by atoms with Crippen molar-refractivity contribution in [2.45, 2.75) is 39.3 Å². The molecule has 7 heteroatoms. The molecule has 0 saturated carbocycles. The second-order valence-electron chi connectivity index (χ2n) is 7.99. The Kier molecular flexibility index (Phi) is 5.53. The van der Waals surface area contributed by atoms with Crippen molar-refractivity contribution in [3.05, 3.63) is 94.5 Å². The first-order chi connectivity index (χ1) is 15.6. The quantitative estimate of drug-likeness (QED) is 0.389. The third-order valence-electron chi connectivity index (χ3n) is 6.12. The van der Waals surface area contributed by atoms with Crippen LogP contribution in [-0.2, 0) is 6.42 Å². The third-order valence-corrected chi connectivity index (χ3v) is 7.19. The minimum Gasteiger partial charge on any atom is -0.351 e. The first-order valence-corrected chi connectivity index (χ1v) is 12.1. The summed E-state index contributed by atoms with van der Waals surface area (Å²) >= 11 is 7.51. The van der Waals surface area contributed by atoms with E-state index < -0.39 is 0 Å². The van der Waals surface area contributed by atoms with Crippen molar-refractivity contribution in [1.82, 2.24) is 19.9 Å². The van der Waals surface area contributed by atoms with Crippen molar-refractivity contribution in [3.63, 3.8) is 0 Å². The fourth-order valence-corrected chi connectivity index (χ4v) is 5.65. The van der Waals surface area contributed by atoms with Crippen molar-refractivity contribution in [1.29, 1.82) is 0 Å². The zero-order chi connectivity index (χ0) is 22.2. The summed E-state index contributed by atoms with van der Waals surface area (Å²) in [5, 5.41) is 7.27. The Morgan fingerprint density at radius 3 is 2.53 bits per heavy atom. The van der Waals surface area contributed by atoms with Gasteiger partial charge in [-0.2, -0.15) is 0 Å². The predicted octanol–water partition coefficient (Wildman–Crippen LogP) is 5.69. The topological polar surface area (TPSA) is 46.0 Å². The van der Waals surface area contributed by atoms with Crippen LogP contribution in [0.1, 0.15) is 47.2 Å². The fraction of sp³-hybridized carbons (Fsp3) is 0.240. The molecule has 1 fully saturated rings. The normalized spacial score (nSPS) is 18.2. The Morgan fingerprint density at radius 2 is 1.88 bits per heavy atom. The number of aryl methyl sites for hydroxylation is 2. The molecule has 1 aliphatic rings. The standard InChI is InChI=1S/C25H25N5S2/c1-4-18-8-10-19(11-9-18)30-23(22(28-24(30)31)21-7-5-6-12-26-21)20-15-16(2)29(17(20)3)25-27-13-14-32-25/h5-15,22-23H,4H2,1-3H3,(H,28,31). The summed E-state index contributed by atoms with van der Waals surface area (Å²) in [6.07, 6.45) is 4.70. The highest BCUT2D eigenvalue weighted by molar-refractivity contribution is 7.80. The zero-order valence-corrected chi connectivity index (χ0v) is 20.0. The van der Waals surface area contributed by atoms with Gasteiger partial charge in [0.15, 0.2) is 10.2 Å². The molecule has 1 N–H and O–H groups in total. The van der Waals surface area contributed by atoms with Crippen molar-refractivity contribution in [2.24, 2.45) is 0 Å². The van der Waals surface area contributed by atoms with Gasteiger partial charge in [-0.1, -0.05) is 25.1 Å². The zero-order valence-electron chi connectivity index (χ0n) is 18.3. The number of thiocarbonyl (C=S) groups is 1. The lowest BCUT2D eigenvalue weighted by Crippen LogP contribution is -2.29. The number of nitrogens with one attached hydrogen (secondary N) is 1. The molecule has 162 valence electrons. The van der Waals surface area contributed by atoms with Crippen molar-refractivity contribution >= 4 is 34.4 Å². The van der Waals surface area contributed by atoms with Gasteiger partial charge in [0.25, 0.3) is 0 Å². The monoisotopic (exact) mass is 459 g/mol. The molecule has 4 heterocycles. The summed E-state index contributed by atoms with van der Waals surface area (Å²) in [4.78, 5) is 11.5. The maximum Gasteiger partial charge on any atom is 0.193 e. The molecule has 0 spiro atoms. The summed E-state index contributed by atoms with van der Waals surface area (Å²) in [6.45, 7) is 6.47. The number of anilines is 1. The highest BCUT2D eigenvalue weighted by atomic mass is 32.1. The molecule has 5 rings (SSSR count). The van der Waals surface area contributed by atoms with E-state index in [4.69, 9.17) is 12.2 Å². The van der Waals surface area contributed by atoms with Crippen LogP contribution in [0.2, 0.25) is 0 Å². The predicted molar refractivity (Wildman–Crippen MR) is 135 cm³/mol. The molecule has 1 aliphatic heterocycles. The first kappa shape index (κ1) is 20.8. The number of aromatic nitrogens is 3. The lowest BCUT2D eigenvalue weighted by molar-refractivity contribution is 0.565. The van der Waals surface area contributed by atoms with Gasteiger partial charge in [-0.05, 0) is 73.9 Å². The van der Waals surface area contributed by atoms with E-state index in [1.54, 1.807) is 11.3 Å². The molecule has 32 heavy (non-hydrogen) atoms. The average molecular weight is 460 g/mol. The SMILES string of the molecule is CCc1ccc(N2C(=S)NC(c3ccccn3)C2c2cc(C)n(-c3nccs3)c2C)cc1. The van der Waals surface area contributed by atoms with Crippen molar-refractivity contribution in [3.8, 4) is 5.13 Å². The smallest absolute Gasteiger partial charge is 0.193 e. The second-order valence-corrected chi connectivity index (χ2v) is 9.25. The molecule has 5 nitrogen and oxygen atoms in total. The van der Waals surface area contributed by atoms with Gasteiger partial charge in [0.1, 0.15) is 0 Å². The minimum absolute atomic E-state index is 0.0233. The number of thiazole rings is 1. The van der Waals surface area contributed by atoms with Gasteiger partial charge in [0.2, 0.25) is 0 Å². The van der Waals surface area contributed by atoms with Crippen molar-refractivity contribution in [2.75, 3.05) is 4.90 Å². The van der Waals surface area contributed by atoms with Crippen LogP contribution in [0.5, 0.6) is 0 Å². The summed E-state index contributed by atoms with van der Waals surface area (Å²) < 4.78 is 2.23. The van der Waals surface area contributed by atoms with E-state index in [2.05, 4.69) is 81.9 Å². The molecule has 2 unspecified atom stereocenters. The van der Waals surface area contributed by atoms with Gasteiger partial charge < -0.3 is 10.2 Å². The fourth-order valence-electron chi connectivity index (χ4n) is 4.55. The highest BCUT2D eigenvalue weighted by Gasteiger charge is 2.42. The molecule has 0 bridgehead atoms. The number of pyridine rings is 1. The lowest BCUT2D eigenvalue weighted by atomic mass is 9.96. The molecular formula is C25H25N5S2. The molecule has 2 atom stereocenters. The largest absolute Gasteiger partial charge is 0.351 e. The highest BCUT2D eigenvalue weighted by Crippen LogP contribution is 2.43. The van der Waals surface area contributed by atoms with Gasteiger partial charge >= 0.3 is 0 Å². The van der Waals surface area contributed by atoms with E-state index in [9.17, 15) is 0 Å². The Bertz CT molecular complexity index is 1230. The Morgan fingerprint density at radius 1 is 1.06 bits per heavy atom. The average Bonchev–Trinajstić information content (AvgIpc) is 3.52. The Labute approximate surface area is 197 Å². The van der Waals surface area contributed by atoms with E-state index in [1.807, 2.05) is 29.9 Å². The molecule has 4 aromatic rings. The summed E-state index contributed by atoms with van der Waals surface area (Å²) in [6, 6.07) is 16.9. The number of hydrogen-bond acceptors (Lipinski definition) is 4. The van der Waals surface area contributed by atoms with Gasteiger partial charge in [-0.3, -0.25) is 9.55 Å². The molecule has 3 aromatic heterocycles. The summed E-state index contributed by atoms with van der Waals surface area (Å²) in [7, 11) is 0. The number of benzene rings is 1. The maximum atomic E-state index is 5.87. The van der Waals surface area contributed by atoms with E-state index in [1.165, 1.54) is 16.8 Å². The van der Waals surface area contributed by atoms with Gasteiger partial charge in [0.05, 0.1) is 17.8 Å². The molecule has 0 amide bonds. The molecule has 1 aromatic carbocycles. The van der Waals surface area contributed by atoms with Crippen LogP contribution in [0.3, 0.4) is 0 Å². The van der Waals surface area contributed by atoms with Crippen LogP contribution in [0.4, 0.5) is 5.69 Å². The number of rotatable bonds is 5. The van der Waals surface area contributed by atoms with Crippen LogP contribution < -0.4 is 10.2 Å². The van der Waals surface area contributed by atoms with E-state index in [0.29, 0.717) is 5.11 Å². The molecule has 1 saturated heterocycles. The molecular weight excluding hydrogens is 434 g/mol. The van der Waals surface area contributed by atoms with E-state index in [0.717, 1.165) is 28.6 Å². The maximum absolute atomic E-state index is 5.87. The van der Waals surface area contributed by atoms with Crippen molar-refractivity contribution < 1.29 is 0 Å². The first-order valence-electron chi connectivity index (χ1n) is 10.8. The van der Waals surface area contributed by atoms with E-state index in [-0.39, 0.29) is 12.1 Å². The number of nitrogens with zero attached hydrogens (tertiary/aromatic N) is 4. The second kappa shape index (κ2) is 8.48. The van der Waals surface area contributed by atoms with Gasteiger partial charge in [0, 0.05) is 34.8 Å². The van der Waals surface area contributed by atoms with Crippen LogP contribution in [0.15, 0.2) is 66.3 Å². The summed E-state index contributed by atoms with van der Waals surface area (Å²) in [5.41, 5.74) is 6.93. The lowest BCUT2D eigenvalue weighted by Gasteiger charge is -2.28. The van der Waals surface area contributed by atoms with Crippen LogP contribution >= 0.6 is 23.6 Å². The van der Waals surface area contributed by atoms with Crippen LogP contribution in [-0.4, -0.2) is 19.6 Å². The third kappa shape index (κ3) is 3.51. The Balaban J connectivity index is 1.66. The number of hydrogen-bond donors (Lipinski definition) is 1. The molecule has 0 aliphatic carbocycles. The van der Waals surface area contributed by atoms with Crippen LogP contribution in [0.25, 0.3) is 5.13 Å². The van der Waals surface area contributed by atoms with E-state index >= 15 is 0 Å². The van der Waals surface area contributed by atoms with Crippen LogP contribution in [0, 0.1) is 13.8 Å². The van der Waals surface area contributed by atoms with Gasteiger partial charge in [-0.25, -0.2) is 4.98 Å². The molecule has 0 radical (unpaired) electrons. The summed E-state index contributed by atoms with van der Waals surface area (Å²) in [5.74, 6) is 0. The minimum atomic E-state index is -0.0557. The Hall–Kier alpha value is -3.03.